The van der Waals surface area contributed by atoms with E-state index in [9.17, 15) is 13.9 Å². The van der Waals surface area contributed by atoms with Crippen molar-refractivity contribution in [1.29, 1.82) is 0 Å². The summed E-state index contributed by atoms with van der Waals surface area (Å²) in [5.41, 5.74) is 6.36. The number of methoxy groups -OCH3 is 1. The number of rotatable bonds is 8. The first kappa shape index (κ1) is 17.0. The molecule has 6 heteroatoms. The summed E-state index contributed by atoms with van der Waals surface area (Å²) in [4.78, 5) is 1.90. The Kier molecular flexibility index (Phi) is 7.01. The summed E-state index contributed by atoms with van der Waals surface area (Å²) >= 11 is 0. The molecule has 3 N–H and O–H groups in total. The molecular formula is C14H22F2N2O2. The van der Waals surface area contributed by atoms with Crippen LogP contribution in [0, 0.1) is 11.6 Å². The highest BCUT2D eigenvalue weighted by Gasteiger charge is 2.12. The Labute approximate surface area is 118 Å². The largest absolute Gasteiger partial charge is 0.389 e. The Morgan fingerprint density at radius 3 is 2.45 bits per heavy atom. The Morgan fingerprint density at radius 1 is 1.30 bits per heavy atom. The topological polar surface area (TPSA) is 58.7 Å². The molecule has 0 aliphatic carbocycles. The summed E-state index contributed by atoms with van der Waals surface area (Å²) in [6.45, 7) is 1.34. The Hall–Kier alpha value is -1.08. The molecule has 0 amide bonds. The molecule has 0 radical (unpaired) electrons. The van der Waals surface area contributed by atoms with Crippen molar-refractivity contribution in [2.24, 2.45) is 5.73 Å². The zero-order valence-electron chi connectivity index (χ0n) is 11.9. The molecule has 0 aliphatic rings. The number of nitrogens with zero attached hydrogens (tertiary/aromatic N) is 1. The smallest absolute Gasteiger partial charge is 0.126 e. The predicted molar refractivity (Wildman–Crippen MR) is 73.3 cm³/mol. The predicted octanol–water partition coefficient (Wildman–Crippen LogP) is 1.29. The van der Waals surface area contributed by atoms with Gasteiger partial charge in [-0.1, -0.05) is 0 Å². The van der Waals surface area contributed by atoms with E-state index in [-0.39, 0.29) is 6.61 Å². The third kappa shape index (κ3) is 5.92. The lowest BCUT2D eigenvalue weighted by Crippen LogP contribution is -2.33. The van der Waals surface area contributed by atoms with Gasteiger partial charge in [0.05, 0.1) is 12.7 Å². The monoisotopic (exact) mass is 288 g/mol. The number of hydrogen-bond donors (Lipinski definition) is 2. The summed E-state index contributed by atoms with van der Waals surface area (Å²) in [6.07, 6.45) is -0.0214. The number of ether oxygens (including phenoxy) is 1. The van der Waals surface area contributed by atoms with Crippen LogP contribution in [0.4, 0.5) is 8.78 Å². The maximum Gasteiger partial charge on any atom is 0.126 e. The van der Waals surface area contributed by atoms with E-state index in [2.05, 4.69) is 0 Å². The van der Waals surface area contributed by atoms with Crippen molar-refractivity contribution >= 4 is 0 Å². The van der Waals surface area contributed by atoms with E-state index in [1.54, 1.807) is 0 Å². The molecule has 1 rings (SSSR count). The molecule has 0 aliphatic heterocycles. The number of benzene rings is 1. The fourth-order valence-corrected chi connectivity index (χ4v) is 2.01. The van der Waals surface area contributed by atoms with Crippen LogP contribution in [-0.2, 0) is 4.74 Å². The molecule has 2 unspecified atom stereocenters. The second-order valence-electron chi connectivity index (χ2n) is 4.97. The standard InChI is InChI=1S/C14H22F2N2O2/c1-18(8-13(19)9-20-2)4-3-14(17)10-5-11(15)7-12(16)6-10/h5-7,13-14,19H,3-4,8-9,17H2,1-2H3. The minimum absolute atomic E-state index is 0.269. The third-order valence-corrected chi connectivity index (χ3v) is 3.02. The summed E-state index contributed by atoms with van der Waals surface area (Å²) in [5.74, 6) is -1.25. The van der Waals surface area contributed by atoms with Crippen molar-refractivity contribution in [2.45, 2.75) is 18.6 Å². The molecule has 4 nitrogen and oxygen atoms in total. The van der Waals surface area contributed by atoms with Crippen molar-refractivity contribution in [3.05, 3.63) is 35.4 Å². The first-order valence-electron chi connectivity index (χ1n) is 6.49. The van der Waals surface area contributed by atoms with Crippen molar-refractivity contribution < 1.29 is 18.6 Å². The lowest BCUT2D eigenvalue weighted by molar-refractivity contribution is 0.0428. The normalized spacial score (nSPS) is 14.6. The summed E-state index contributed by atoms with van der Waals surface area (Å²) in [5, 5.41) is 9.58. The fraction of sp³-hybridized carbons (Fsp3) is 0.571. The molecule has 1 aromatic carbocycles. The third-order valence-electron chi connectivity index (χ3n) is 3.02. The molecule has 0 heterocycles. The molecular weight excluding hydrogens is 266 g/mol. The highest BCUT2D eigenvalue weighted by molar-refractivity contribution is 5.21. The van der Waals surface area contributed by atoms with E-state index < -0.39 is 23.8 Å². The Morgan fingerprint density at radius 2 is 1.90 bits per heavy atom. The number of hydrogen-bond acceptors (Lipinski definition) is 4. The van der Waals surface area contributed by atoms with Crippen LogP contribution >= 0.6 is 0 Å². The molecule has 20 heavy (non-hydrogen) atoms. The van der Waals surface area contributed by atoms with Crippen LogP contribution in [0.3, 0.4) is 0 Å². The Bertz CT molecular complexity index is 398. The summed E-state index contributed by atoms with van der Waals surface area (Å²) < 4.78 is 31.0. The van der Waals surface area contributed by atoms with Gasteiger partial charge in [-0.3, -0.25) is 0 Å². The van der Waals surface area contributed by atoms with Crippen LogP contribution in [-0.4, -0.2) is 50.0 Å². The summed E-state index contributed by atoms with van der Waals surface area (Å²) in [6, 6.07) is 2.87. The fourth-order valence-electron chi connectivity index (χ4n) is 2.01. The zero-order chi connectivity index (χ0) is 15.1. The van der Waals surface area contributed by atoms with Gasteiger partial charge in [0.1, 0.15) is 11.6 Å². The molecule has 114 valence electrons. The van der Waals surface area contributed by atoms with Gasteiger partial charge >= 0.3 is 0 Å². The van der Waals surface area contributed by atoms with Gasteiger partial charge in [0.2, 0.25) is 0 Å². The average Bonchev–Trinajstić information content (AvgIpc) is 2.35. The zero-order valence-corrected chi connectivity index (χ0v) is 11.9. The van der Waals surface area contributed by atoms with E-state index >= 15 is 0 Å². The number of halogens is 2. The van der Waals surface area contributed by atoms with Crippen molar-refractivity contribution in [3.63, 3.8) is 0 Å². The average molecular weight is 288 g/mol. The van der Waals surface area contributed by atoms with Gasteiger partial charge in [-0.25, -0.2) is 8.78 Å². The maximum absolute atomic E-state index is 13.1. The highest BCUT2D eigenvalue weighted by atomic mass is 19.1. The van der Waals surface area contributed by atoms with E-state index in [1.807, 2.05) is 11.9 Å². The molecule has 0 saturated carbocycles. The van der Waals surface area contributed by atoms with Crippen LogP contribution in [0.2, 0.25) is 0 Å². The number of nitrogens with two attached hydrogens (primary N) is 1. The minimum atomic E-state index is -0.626. The van der Waals surface area contributed by atoms with Gasteiger partial charge in [0.15, 0.2) is 0 Å². The van der Waals surface area contributed by atoms with E-state index in [1.165, 1.54) is 19.2 Å². The van der Waals surface area contributed by atoms with Crippen LogP contribution in [0.25, 0.3) is 0 Å². The Balaban J connectivity index is 2.44. The number of likely N-dealkylation sites (N-methyl/N-ethyl adjacent to an activating group) is 1. The number of aliphatic hydroxyl groups excluding tert-OH is 1. The van der Waals surface area contributed by atoms with Gasteiger partial charge in [-0.15, -0.1) is 0 Å². The molecule has 2 atom stereocenters. The van der Waals surface area contributed by atoms with Gasteiger partial charge in [0.25, 0.3) is 0 Å². The molecule has 0 bridgehead atoms. The van der Waals surface area contributed by atoms with E-state index in [4.69, 9.17) is 10.5 Å². The van der Waals surface area contributed by atoms with Crippen LogP contribution < -0.4 is 5.73 Å². The quantitative estimate of drug-likeness (QED) is 0.757. The first-order valence-corrected chi connectivity index (χ1v) is 6.49. The SMILES string of the molecule is COCC(O)CN(C)CCC(N)c1cc(F)cc(F)c1. The lowest BCUT2D eigenvalue weighted by atomic mass is 10.0. The second kappa shape index (κ2) is 8.26. The van der Waals surface area contributed by atoms with E-state index in [0.717, 1.165) is 6.07 Å². The van der Waals surface area contributed by atoms with Crippen molar-refractivity contribution in [1.82, 2.24) is 4.90 Å². The molecule has 0 saturated heterocycles. The maximum atomic E-state index is 13.1. The first-order chi connectivity index (χ1) is 9.42. The molecule has 0 fully saturated rings. The van der Waals surface area contributed by atoms with Crippen molar-refractivity contribution in [2.75, 3.05) is 33.9 Å². The van der Waals surface area contributed by atoms with Crippen LogP contribution in [0.15, 0.2) is 18.2 Å². The van der Waals surface area contributed by atoms with Crippen LogP contribution in [0.5, 0.6) is 0 Å². The summed E-state index contributed by atoms with van der Waals surface area (Å²) in [7, 11) is 3.37. The van der Waals surface area contributed by atoms with Crippen LogP contribution in [0.1, 0.15) is 18.0 Å². The lowest BCUT2D eigenvalue weighted by Gasteiger charge is -2.22. The number of aliphatic hydroxyl groups is 1. The minimum Gasteiger partial charge on any atom is -0.389 e. The second-order valence-corrected chi connectivity index (χ2v) is 4.97. The van der Waals surface area contributed by atoms with E-state index in [0.29, 0.717) is 25.1 Å². The van der Waals surface area contributed by atoms with Gasteiger partial charge in [-0.05, 0) is 37.7 Å². The molecule has 1 aromatic rings. The van der Waals surface area contributed by atoms with Crippen molar-refractivity contribution in [3.8, 4) is 0 Å². The van der Waals surface area contributed by atoms with Gasteiger partial charge in [0, 0.05) is 25.8 Å². The van der Waals surface area contributed by atoms with Gasteiger partial charge < -0.3 is 20.5 Å². The molecule has 0 spiro atoms. The van der Waals surface area contributed by atoms with Gasteiger partial charge in [-0.2, -0.15) is 0 Å². The highest BCUT2D eigenvalue weighted by Crippen LogP contribution is 2.17. The molecule has 0 aromatic heterocycles.